The molecule has 0 aliphatic carbocycles. The predicted octanol–water partition coefficient (Wildman–Crippen LogP) is 6.16. The van der Waals surface area contributed by atoms with Crippen LogP contribution in [0.25, 0.3) is 0 Å². The second-order valence-electron chi connectivity index (χ2n) is 4.88. The van der Waals surface area contributed by atoms with Gasteiger partial charge in [-0.25, -0.2) is 4.57 Å². The highest BCUT2D eigenvalue weighted by molar-refractivity contribution is 9.10. The Bertz CT molecular complexity index is 701. The number of phenols is 1. The van der Waals surface area contributed by atoms with Crippen molar-refractivity contribution in [3.63, 3.8) is 0 Å². The number of rotatable bonds is 8. The zero-order chi connectivity index (χ0) is 17.6. The molecule has 0 radical (unpaired) electrons. The van der Waals surface area contributed by atoms with Gasteiger partial charge in [0.2, 0.25) is 0 Å². The Morgan fingerprint density at radius 1 is 1.12 bits per heavy atom. The molecule has 0 spiro atoms. The van der Waals surface area contributed by atoms with E-state index in [4.69, 9.17) is 9.05 Å². The lowest BCUT2D eigenvalue weighted by Gasteiger charge is -2.24. The quantitative estimate of drug-likeness (QED) is 0.508. The number of hydrogen-bond donors (Lipinski definition) is 1. The van der Waals surface area contributed by atoms with Gasteiger partial charge in [-0.05, 0) is 49.0 Å². The lowest BCUT2D eigenvalue weighted by Crippen LogP contribution is -2.01. The van der Waals surface area contributed by atoms with Crippen molar-refractivity contribution in [2.75, 3.05) is 13.2 Å². The van der Waals surface area contributed by atoms with Crippen LogP contribution in [0.5, 0.6) is 5.75 Å². The second-order valence-corrected chi connectivity index (χ2v) is 9.86. The molecule has 0 aliphatic rings. The van der Waals surface area contributed by atoms with Gasteiger partial charge in [0.1, 0.15) is 5.75 Å². The molecule has 0 saturated heterocycles. The first-order valence-electron chi connectivity index (χ1n) is 7.60. The predicted molar refractivity (Wildman–Crippen MR) is 103 cm³/mol. The van der Waals surface area contributed by atoms with Crippen LogP contribution in [-0.2, 0) is 13.6 Å². The maximum Gasteiger partial charge on any atom is 0.390 e. The molecule has 1 N–H and O–H groups in total. The Hall–Kier alpha value is -0.780. The van der Waals surface area contributed by atoms with E-state index in [0.29, 0.717) is 5.56 Å². The summed E-state index contributed by atoms with van der Waals surface area (Å²) < 4.78 is 24.7. The van der Waals surface area contributed by atoms with Gasteiger partial charge >= 0.3 is 6.80 Å². The van der Waals surface area contributed by atoms with Gasteiger partial charge in [-0.3, -0.25) is 0 Å². The monoisotopic (exact) mass is 430 g/mol. The lowest BCUT2D eigenvalue weighted by atomic mass is 10.0. The van der Waals surface area contributed by atoms with Gasteiger partial charge in [0.15, 0.2) is 0 Å². The van der Waals surface area contributed by atoms with E-state index in [0.717, 1.165) is 21.4 Å². The zero-order valence-corrected chi connectivity index (χ0v) is 16.8. The van der Waals surface area contributed by atoms with Gasteiger partial charge in [0.25, 0.3) is 0 Å². The Kier molecular flexibility index (Phi) is 7.38. The van der Waals surface area contributed by atoms with E-state index in [1.54, 1.807) is 26.0 Å². The first-order chi connectivity index (χ1) is 11.5. The highest BCUT2D eigenvalue weighted by Crippen LogP contribution is 2.67. The summed E-state index contributed by atoms with van der Waals surface area (Å²) in [4.78, 5) is 0. The molecule has 0 aromatic heterocycles. The normalized spacial score (nSPS) is 13.0. The highest BCUT2D eigenvalue weighted by atomic mass is 79.9. The van der Waals surface area contributed by atoms with Gasteiger partial charge < -0.3 is 14.2 Å². The van der Waals surface area contributed by atoms with E-state index in [-0.39, 0.29) is 24.2 Å². The average Bonchev–Trinajstić information content (AvgIpc) is 2.56. The summed E-state index contributed by atoms with van der Waals surface area (Å²) in [5.74, 6) is 0.138. The van der Waals surface area contributed by atoms with Gasteiger partial charge in [-0.2, -0.15) is 0 Å². The average molecular weight is 431 g/mol. The molecule has 7 heteroatoms. The van der Waals surface area contributed by atoms with Crippen LogP contribution in [0.2, 0.25) is 0 Å². The minimum Gasteiger partial charge on any atom is -0.508 e. The number of halogens is 1. The molecule has 1 atom stereocenters. The van der Waals surface area contributed by atoms with Crippen molar-refractivity contribution < 1.29 is 18.7 Å². The van der Waals surface area contributed by atoms with E-state index in [1.807, 2.05) is 36.4 Å². The molecule has 0 saturated carbocycles. The standard InChI is InChI=1S/C17H20BrO4PS/c1-3-21-23(20,22-4-2)24-17(13-8-6-5-7-9-13)15-12-14(18)10-11-16(15)19/h5-12,17,19H,3-4H2,1-2H3. The molecule has 0 bridgehead atoms. The van der Waals surface area contributed by atoms with Crippen LogP contribution in [0, 0.1) is 0 Å². The van der Waals surface area contributed by atoms with E-state index in [2.05, 4.69) is 15.9 Å². The van der Waals surface area contributed by atoms with Gasteiger partial charge in [-0.1, -0.05) is 46.3 Å². The zero-order valence-electron chi connectivity index (χ0n) is 13.5. The van der Waals surface area contributed by atoms with Crippen LogP contribution in [0.4, 0.5) is 0 Å². The molecular formula is C17H20BrO4PS. The van der Waals surface area contributed by atoms with Gasteiger partial charge in [0, 0.05) is 10.0 Å². The molecule has 0 fully saturated rings. The van der Waals surface area contributed by atoms with E-state index < -0.39 is 6.80 Å². The van der Waals surface area contributed by atoms with Crippen LogP contribution in [0.3, 0.4) is 0 Å². The van der Waals surface area contributed by atoms with Gasteiger partial charge in [-0.15, -0.1) is 0 Å². The maximum atomic E-state index is 13.0. The fraction of sp³-hybridized carbons (Fsp3) is 0.294. The van der Waals surface area contributed by atoms with Crippen molar-refractivity contribution in [2.45, 2.75) is 19.1 Å². The topological polar surface area (TPSA) is 55.8 Å². The Morgan fingerprint density at radius 3 is 2.33 bits per heavy atom. The molecule has 24 heavy (non-hydrogen) atoms. The van der Waals surface area contributed by atoms with E-state index >= 15 is 0 Å². The molecular weight excluding hydrogens is 411 g/mol. The lowest BCUT2D eigenvalue weighted by molar-refractivity contribution is 0.236. The van der Waals surface area contributed by atoms with E-state index in [9.17, 15) is 9.67 Å². The van der Waals surface area contributed by atoms with Crippen molar-refractivity contribution >= 4 is 34.1 Å². The van der Waals surface area contributed by atoms with Crippen LogP contribution < -0.4 is 0 Å². The van der Waals surface area contributed by atoms with Crippen molar-refractivity contribution in [2.24, 2.45) is 0 Å². The molecule has 2 aromatic carbocycles. The third-order valence-corrected chi connectivity index (χ3v) is 7.86. The highest BCUT2D eigenvalue weighted by Gasteiger charge is 2.32. The van der Waals surface area contributed by atoms with Crippen LogP contribution in [-0.4, -0.2) is 18.3 Å². The molecule has 4 nitrogen and oxygen atoms in total. The summed E-state index contributed by atoms with van der Waals surface area (Å²) in [6.45, 7) is 0.781. The molecule has 130 valence electrons. The SMILES string of the molecule is CCOP(=O)(OCC)SC(c1ccccc1)c1cc(Br)ccc1O. The smallest absolute Gasteiger partial charge is 0.390 e. The minimum atomic E-state index is -3.35. The number of aromatic hydroxyl groups is 1. The number of benzene rings is 2. The third kappa shape index (κ3) is 5.11. The number of hydrogen-bond acceptors (Lipinski definition) is 5. The second kappa shape index (κ2) is 9.07. The Balaban J connectivity index is 2.48. The molecule has 0 aliphatic heterocycles. The first kappa shape index (κ1) is 19.5. The van der Waals surface area contributed by atoms with Crippen LogP contribution in [0.15, 0.2) is 53.0 Å². The van der Waals surface area contributed by atoms with Gasteiger partial charge in [0.05, 0.1) is 18.5 Å². The fourth-order valence-corrected chi connectivity index (χ4v) is 6.73. The van der Waals surface area contributed by atoms with Crippen LogP contribution in [0.1, 0.15) is 30.2 Å². The van der Waals surface area contributed by atoms with Crippen LogP contribution >= 0.6 is 34.1 Å². The summed E-state index contributed by atoms with van der Waals surface area (Å²) in [5, 5.41) is 9.94. The molecule has 0 amide bonds. The fourth-order valence-electron chi connectivity index (χ4n) is 2.20. The van der Waals surface area contributed by atoms with Crippen molar-refractivity contribution in [3.8, 4) is 5.75 Å². The third-order valence-electron chi connectivity index (χ3n) is 3.18. The van der Waals surface area contributed by atoms with Crippen molar-refractivity contribution in [3.05, 3.63) is 64.1 Å². The van der Waals surface area contributed by atoms with Crippen molar-refractivity contribution in [1.82, 2.24) is 0 Å². The summed E-state index contributed by atoms with van der Waals surface area (Å²) in [5.41, 5.74) is 1.57. The van der Waals surface area contributed by atoms with E-state index in [1.165, 1.54) is 0 Å². The minimum absolute atomic E-state index is 0.138. The number of phenolic OH excluding ortho intramolecular Hbond substituents is 1. The largest absolute Gasteiger partial charge is 0.508 e. The Labute approximate surface area is 155 Å². The summed E-state index contributed by atoms with van der Waals surface area (Å²) >= 11 is 4.53. The summed E-state index contributed by atoms with van der Waals surface area (Å²) in [6, 6.07) is 14.8. The molecule has 1 unspecified atom stereocenters. The Morgan fingerprint density at radius 2 is 1.75 bits per heavy atom. The van der Waals surface area contributed by atoms with Crippen molar-refractivity contribution in [1.29, 1.82) is 0 Å². The molecule has 0 heterocycles. The summed E-state index contributed by atoms with van der Waals surface area (Å²) in [6.07, 6.45) is 0. The first-order valence-corrected chi connectivity index (χ1v) is 11.4. The maximum absolute atomic E-state index is 13.0. The molecule has 2 rings (SSSR count). The molecule has 2 aromatic rings. The summed E-state index contributed by atoms with van der Waals surface area (Å²) in [7, 11) is 0.